The number of rotatable bonds is 2. The van der Waals surface area contributed by atoms with Gasteiger partial charge in [-0.25, -0.2) is 14.4 Å². The van der Waals surface area contributed by atoms with Crippen molar-refractivity contribution in [1.82, 2.24) is 9.97 Å². The normalized spacial score (nSPS) is 10.0. The van der Waals surface area contributed by atoms with Crippen molar-refractivity contribution in [2.75, 3.05) is 5.32 Å². The lowest BCUT2D eigenvalue weighted by molar-refractivity contribution is 0.628. The third-order valence-corrected chi connectivity index (χ3v) is 1.86. The van der Waals surface area contributed by atoms with E-state index in [2.05, 4.69) is 15.3 Å². The van der Waals surface area contributed by atoms with Crippen LogP contribution in [-0.4, -0.2) is 9.97 Å². The summed E-state index contributed by atoms with van der Waals surface area (Å²) in [6.45, 7) is 1.91. The Kier molecular flexibility index (Phi) is 2.58. The molecule has 2 rings (SSSR count). The second-order valence-electron chi connectivity index (χ2n) is 3.22. The smallest absolute Gasteiger partial charge is 0.227 e. The Morgan fingerprint density at radius 2 is 1.93 bits per heavy atom. The van der Waals surface area contributed by atoms with Crippen LogP contribution in [0.3, 0.4) is 0 Å². The molecule has 3 nitrogen and oxygen atoms in total. The van der Waals surface area contributed by atoms with E-state index in [1.807, 2.05) is 6.92 Å². The van der Waals surface area contributed by atoms with E-state index in [9.17, 15) is 4.39 Å². The second-order valence-corrected chi connectivity index (χ2v) is 3.22. The van der Waals surface area contributed by atoms with E-state index in [4.69, 9.17) is 0 Å². The Morgan fingerprint density at radius 1 is 1.20 bits per heavy atom. The summed E-state index contributed by atoms with van der Waals surface area (Å²) in [6.07, 6.45) is 3.41. The molecule has 0 saturated carbocycles. The van der Waals surface area contributed by atoms with Crippen LogP contribution in [0.5, 0.6) is 0 Å². The maximum absolute atomic E-state index is 12.9. The summed E-state index contributed by atoms with van der Waals surface area (Å²) >= 11 is 0. The molecule has 0 bridgehead atoms. The van der Waals surface area contributed by atoms with Gasteiger partial charge in [-0.1, -0.05) is 6.07 Å². The molecule has 0 spiro atoms. The van der Waals surface area contributed by atoms with Crippen LogP contribution >= 0.6 is 0 Å². The van der Waals surface area contributed by atoms with Gasteiger partial charge in [0.2, 0.25) is 5.95 Å². The van der Waals surface area contributed by atoms with Crippen molar-refractivity contribution in [3.63, 3.8) is 0 Å². The number of nitrogens with zero attached hydrogens (tertiary/aromatic N) is 2. The third-order valence-electron chi connectivity index (χ3n) is 1.86. The minimum absolute atomic E-state index is 0.285. The molecule has 0 aliphatic carbocycles. The van der Waals surface area contributed by atoms with E-state index in [0.717, 1.165) is 5.56 Å². The number of aromatic nitrogens is 2. The van der Waals surface area contributed by atoms with Gasteiger partial charge in [0.05, 0.1) is 0 Å². The van der Waals surface area contributed by atoms with Gasteiger partial charge >= 0.3 is 0 Å². The molecule has 0 radical (unpaired) electrons. The minimum Gasteiger partial charge on any atom is -0.324 e. The Balaban J connectivity index is 2.18. The maximum atomic E-state index is 12.9. The highest BCUT2D eigenvalue weighted by Gasteiger charge is 1.97. The molecule has 4 heteroatoms. The van der Waals surface area contributed by atoms with E-state index < -0.39 is 0 Å². The van der Waals surface area contributed by atoms with Gasteiger partial charge < -0.3 is 5.32 Å². The molecule has 1 aromatic carbocycles. The van der Waals surface area contributed by atoms with Crippen LogP contribution in [0, 0.1) is 12.7 Å². The van der Waals surface area contributed by atoms with E-state index in [1.54, 1.807) is 24.5 Å². The molecular formula is C11H10FN3. The summed E-state index contributed by atoms with van der Waals surface area (Å²) in [5.41, 5.74) is 1.62. The van der Waals surface area contributed by atoms with Crippen molar-refractivity contribution >= 4 is 11.6 Å². The van der Waals surface area contributed by atoms with Crippen LogP contribution in [-0.2, 0) is 0 Å². The Labute approximate surface area is 87.0 Å². The van der Waals surface area contributed by atoms with Gasteiger partial charge in [-0.2, -0.15) is 0 Å². The summed E-state index contributed by atoms with van der Waals surface area (Å²) in [7, 11) is 0. The van der Waals surface area contributed by atoms with Crippen LogP contribution in [0.1, 0.15) is 5.56 Å². The first kappa shape index (κ1) is 9.58. The molecule has 1 N–H and O–H groups in total. The van der Waals surface area contributed by atoms with E-state index in [0.29, 0.717) is 11.6 Å². The number of hydrogen-bond acceptors (Lipinski definition) is 3. The SMILES string of the molecule is Cc1cnc(Nc2cccc(F)c2)nc1. The van der Waals surface area contributed by atoms with Gasteiger partial charge in [-0.3, -0.25) is 0 Å². The zero-order chi connectivity index (χ0) is 10.7. The van der Waals surface area contributed by atoms with E-state index in [-0.39, 0.29) is 5.82 Å². The summed E-state index contributed by atoms with van der Waals surface area (Å²) in [6, 6.07) is 6.17. The van der Waals surface area contributed by atoms with Crippen molar-refractivity contribution in [3.8, 4) is 0 Å². The van der Waals surface area contributed by atoms with Crippen LogP contribution in [0.2, 0.25) is 0 Å². The molecule has 2 aromatic rings. The second kappa shape index (κ2) is 4.04. The molecule has 1 heterocycles. The zero-order valence-electron chi connectivity index (χ0n) is 8.24. The number of aryl methyl sites for hydroxylation is 1. The molecule has 0 atom stereocenters. The highest BCUT2D eigenvalue weighted by Crippen LogP contribution is 2.13. The van der Waals surface area contributed by atoms with Gasteiger partial charge in [0.1, 0.15) is 5.82 Å². The van der Waals surface area contributed by atoms with Crippen LogP contribution < -0.4 is 5.32 Å². The predicted molar refractivity (Wildman–Crippen MR) is 56.5 cm³/mol. The Hall–Kier alpha value is -1.97. The van der Waals surface area contributed by atoms with Crippen molar-refractivity contribution in [3.05, 3.63) is 48.0 Å². The highest BCUT2D eigenvalue weighted by atomic mass is 19.1. The molecule has 0 aliphatic rings. The molecule has 0 saturated heterocycles. The van der Waals surface area contributed by atoms with E-state index >= 15 is 0 Å². The van der Waals surface area contributed by atoms with Crippen LogP contribution in [0.4, 0.5) is 16.0 Å². The van der Waals surface area contributed by atoms with Crippen molar-refractivity contribution in [1.29, 1.82) is 0 Å². The number of benzene rings is 1. The van der Waals surface area contributed by atoms with Crippen molar-refractivity contribution < 1.29 is 4.39 Å². The van der Waals surface area contributed by atoms with Crippen molar-refractivity contribution in [2.45, 2.75) is 6.92 Å². The molecule has 0 amide bonds. The fourth-order valence-corrected chi connectivity index (χ4v) is 1.15. The number of halogens is 1. The zero-order valence-corrected chi connectivity index (χ0v) is 8.24. The summed E-state index contributed by atoms with van der Waals surface area (Å²) in [4.78, 5) is 8.12. The molecule has 0 unspecified atom stereocenters. The van der Waals surface area contributed by atoms with Gasteiger partial charge in [-0.05, 0) is 30.7 Å². The molecule has 0 aliphatic heterocycles. The molecule has 76 valence electrons. The summed E-state index contributed by atoms with van der Waals surface area (Å²) < 4.78 is 12.9. The molecular weight excluding hydrogens is 193 g/mol. The third kappa shape index (κ3) is 2.49. The minimum atomic E-state index is -0.285. The lowest BCUT2D eigenvalue weighted by atomic mass is 10.3. The lowest BCUT2D eigenvalue weighted by Gasteiger charge is -2.03. The quantitative estimate of drug-likeness (QED) is 0.815. The topological polar surface area (TPSA) is 37.8 Å². The van der Waals surface area contributed by atoms with Gasteiger partial charge in [-0.15, -0.1) is 0 Å². The Bertz CT molecular complexity index is 454. The summed E-state index contributed by atoms with van der Waals surface area (Å²) in [5, 5.41) is 2.91. The standard InChI is InChI=1S/C11H10FN3/c1-8-6-13-11(14-7-8)15-10-4-2-3-9(12)5-10/h2-7H,1H3,(H,13,14,15). The summed E-state index contributed by atoms with van der Waals surface area (Å²) in [5.74, 6) is 0.179. The largest absolute Gasteiger partial charge is 0.324 e. The first-order valence-corrected chi connectivity index (χ1v) is 4.55. The maximum Gasteiger partial charge on any atom is 0.227 e. The average Bonchev–Trinajstić information content (AvgIpc) is 2.22. The predicted octanol–water partition coefficient (Wildman–Crippen LogP) is 2.67. The van der Waals surface area contributed by atoms with Gasteiger partial charge in [0, 0.05) is 18.1 Å². The molecule has 1 aromatic heterocycles. The highest BCUT2D eigenvalue weighted by molar-refractivity contribution is 5.52. The fraction of sp³-hybridized carbons (Fsp3) is 0.0909. The number of anilines is 2. The van der Waals surface area contributed by atoms with Gasteiger partial charge in [0.25, 0.3) is 0 Å². The monoisotopic (exact) mass is 203 g/mol. The Morgan fingerprint density at radius 3 is 2.60 bits per heavy atom. The van der Waals surface area contributed by atoms with Gasteiger partial charge in [0.15, 0.2) is 0 Å². The number of nitrogens with one attached hydrogen (secondary N) is 1. The first-order chi connectivity index (χ1) is 7.24. The average molecular weight is 203 g/mol. The first-order valence-electron chi connectivity index (χ1n) is 4.55. The molecule has 15 heavy (non-hydrogen) atoms. The van der Waals surface area contributed by atoms with Crippen LogP contribution in [0.15, 0.2) is 36.7 Å². The molecule has 0 fully saturated rings. The lowest BCUT2D eigenvalue weighted by Crippen LogP contribution is -1.96. The number of hydrogen-bond donors (Lipinski definition) is 1. The van der Waals surface area contributed by atoms with Crippen LogP contribution in [0.25, 0.3) is 0 Å². The van der Waals surface area contributed by atoms with E-state index in [1.165, 1.54) is 12.1 Å². The van der Waals surface area contributed by atoms with Crippen molar-refractivity contribution in [2.24, 2.45) is 0 Å². The fourth-order valence-electron chi connectivity index (χ4n) is 1.15.